The van der Waals surface area contributed by atoms with Crippen molar-refractivity contribution in [2.24, 2.45) is 0 Å². The molecule has 0 saturated heterocycles. The maximum absolute atomic E-state index is 12.0. The van der Waals surface area contributed by atoms with Gasteiger partial charge in [0.05, 0.1) is 5.69 Å². The molecule has 0 fully saturated rings. The normalized spacial score (nSPS) is 11.2. The molecule has 0 radical (unpaired) electrons. The van der Waals surface area contributed by atoms with Crippen molar-refractivity contribution in [2.75, 3.05) is 4.72 Å². The van der Waals surface area contributed by atoms with Crippen LogP contribution >= 0.6 is 15.9 Å². The number of phenols is 1. The van der Waals surface area contributed by atoms with Gasteiger partial charge in [0.25, 0.3) is 10.0 Å². The summed E-state index contributed by atoms with van der Waals surface area (Å²) in [7, 11) is -3.71. The van der Waals surface area contributed by atoms with Gasteiger partial charge >= 0.3 is 0 Å². The van der Waals surface area contributed by atoms with E-state index in [1.807, 2.05) is 0 Å². The number of nitrogens with one attached hydrogen (secondary N) is 1. The summed E-state index contributed by atoms with van der Waals surface area (Å²) >= 11 is 3.16. The molecule has 0 atom stereocenters. The third-order valence-electron chi connectivity index (χ3n) is 2.09. The zero-order valence-electron chi connectivity index (χ0n) is 9.04. The number of hydrogen-bond acceptors (Lipinski definition) is 4. The van der Waals surface area contributed by atoms with Crippen molar-refractivity contribution < 1.29 is 13.5 Å². The van der Waals surface area contributed by atoms with Crippen LogP contribution in [0.4, 0.5) is 5.69 Å². The highest BCUT2D eigenvalue weighted by atomic mass is 79.9. The molecule has 0 amide bonds. The second kappa shape index (κ2) is 4.95. The maximum atomic E-state index is 12.0. The van der Waals surface area contributed by atoms with Crippen LogP contribution in [-0.4, -0.2) is 18.5 Å². The number of hydrogen-bond donors (Lipinski definition) is 2. The van der Waals surface area contributed by atoms with Gasteiger partial charge in [0.1, 0.15) is 10.6 Å². The first-order valence-electron chi connectivity index (χ1n) is 4.90. The van der Waals surface area contributed by atoms with Crippen molar-refractivity contribution in [1.82, 2.24) is 4.98 Å². The fourth-order valence-electron chi connectivity index (χ4n) is 1.32. The fourth-order valence-corrected chi connectivity index (χ4v) is 2.88. The lowest BCUT2D eigenvalue weighted by Gasteiger charge is -2.08. The Morgan fingerprint density at radius 2 is 2.00 bits per heavy atom. The summed E-state index contributed by atoms with van der Waals surface area (Å²) in [5, 5.41) is 9.27. The molecule has 0 aliphatic heterocycles. The summed E-state index contributed by atoms with van der Waals surface area (Å²) in [6.45, 7) is 0. The summed E-state index contributed by atoms with van der Waals surface area (Å²) < 4.78 is 26.9. The van der Waals surface area contributed by atoms with Crippen molar-refractivity contribution in [1.29, 1.82) is 0 Å². The molecule has 7 heteroatoms. The first-order chi connectivity index (χ1) is 8.47. The van der Waals surface area contributed by atoms with Gasteiger partial charge in [-0.3, -0.25) is 9.71 Å². The molecule has 0 bridgehead atoms. The predicted molar refractivity (Wildman–Crippen MR) is 70.9 cm³/mol. The molecule has 94 valence electrons. The zero-order chi connectivity index (χ0) is 13.2. The monoisotopic (exact) mass is 328 g/mol. The highest BCUT2D eigenvalue weighted by molar-refractivity contribution is 9.10. The van der Waals surface area contributed by atoms with Crippen LogP contribution in [0.5, 0.6) is 5.75 Å². The fraction of sp³-hybridized carbons (Fsp3) is 0. The van der Waals surface area contributed by atoms with Crippen LogP contribution in [-0.2, 0) is 10.0 Å². The number of halogens is 1. The topological polar surface area (TPSA) is 79.3 Å². The summed E-state index contributed by atoms with van der Waals surface area (Å²) in [6, 6.07) is 7.31. The van der Waals surface area contributed by atoms with Gasteiger partial charge < -0.3 is 5.11 Å². The Hall–Kier alpha value is -1.60. The molecule has 0 aliphatic rings. The third-order valence-corrected chi connectivity index (χ3v) is 3.87. The van der Waals surface area contributed by atoms with Crippen LogP contribution in [0, 0.1) is 0 Å². The van der Waals surface area contributed by atoms with E-state index in [1.165, 1.54) is 30.6 Å². The van der Waals surface area contributed by atoms with E-state index in [1.54, 1.807) is 12.1 Å². The molecule has 0 saturated carbocycles. The summed E-state index contributed by atoms with van der Waals surface area (Å²) in [4.78, 5) is 3.84. The van der Waals surface area contributed by atoms with E-state index >= 15 is 0 Å². The van der Waals surface area contributed by atoms with Gasteiger partial charge in [-0.1, -0.05) is 6.07 Å². The average Bonchev–Trinajstić information content (AvgIpc) is 2.28. The molecule has 1 aromatic heterocycles. The van der Waals surface area contributed by atoms with Crippen molar-refractivity contribution in [3.8, 4) is 5.75 Å². The van der Waals surface area contributed by atoms with E-state index < -0.39 is 10.0 Å². The van der Waals surface area contributed by atoms with E-state index in [0.29, 0.717) is 4.47 Å². The Morgan fingerprint density at radius 3 is 2.67 bits per heavy atom. The molecule has 18 heavy (non-hydrogen) atoms. The second-order valence-corrected chi connectivity index (χ2v) is 6.09. The molecule has 2 aromatic rings. The molecule has 1 heterocycles. The molecule has 1 aromatic carbocycles. The smallest absolute Gasteiger partial charge is 0.263 e. The van der Waals surface area contributed by atoms with E-state index in [-0.39, 0.29) is 16.3 Å². The molecule has 2 N–H and O–H groups in total. The Balaban J connectivity index is 2.33. The van der Waals surface area contributed by atoms with Crippen LogP contribution in [0.3, 0.4) is 0 Å². The van der Waals surface area contributed by atoms with Crippen LogP contribution in [0.2, 0.25) is 0 Å². The summed E-state index contributed by atoms with van der Waals surface area (Å²) in [5.74, 6) is -0.0115. The largest absolute Gasteiger partial charge is 0.508 e. The molecule has 0 unspecified atom stereocenters. The highest BCUT2D eigenvalue weighted by Gasteiger charge is 2.15. The summed E-state index contributed by atoms with van der Waals surface area (Å²) in [6.07, 6.45) is 2.74. The lowest BCUT2D eigenvalue weighted by atomic mass is 10.3. The quantitative estimate of drug-likeness (QED) is 0.906. The van der Waals surface area contributed by atoms with Gasteiger partial charge in [-0.25, -0.2) is 8.42 Å². The molecular formula is C11H9BrN2O3S. The van der Waals surface area contributed by atoms with E-state index in [0.717, 1.165) is 0 Å². The third kappa shape index (κ3) is 2.99. The molecule has 0 spiro atoms. The van der Waals surface area contributed by atoms with Crippen molar-refractivity contribution in [2.45, 2.75) is 4.90 Å². The van der Waals surface area contributed by atoms with Gasteiger partial charge in [0.15, 0.2) is 0 Å². The Bertz CT molecular complexity index is 673. The van der Waals surface area contributed by atoms with E-state index in [4.69, 9.17) is 0 Å². The molecule has 0 aliphatic carbocycles. The number of benzene rings is 1. The number of sulfonamides is 1. The molecule has 5 nitrogen and oxygen atoms in total. The zero-order valence-corrected chi connectivity index (χ0v) is 11.4. The first kappa shape index (κ1) is 12.8. The SMILES string of the molecule is O=S(=O)(Nc1cccc(O)c1)c1cncc(Br)c1. The second-order valence-electron chi connectivity index (χ2n) is 3.49. The lowest BCUT2D eigenvalue weighted by molar-refractivity contribution is 0.475. The van der Waals surface area contributed by atoms with Crippen molar-refractivity contribution in [3.63, 3.8) is 0 Å². The van der Waals surface area contributed by atoms with Crippen LogP contribution in [0.15, 0.2) is 52.1 Å². The van der Waals surface area contributed by atoms with Gasteiger partial charge in [0, 0.05) is 22.9 Å². The van der Waals surface area contributed by atoms with Gasteiger partial charge in [-0.15, -0.1) is 0 Å². The van der Waals surface area contributed by atoms with Gasteiger partial charge in [-0.05, 0) is 34.1 Å². The Morgan fingerprint density at radius 1 is 1.22 bits per heavy atom. The predicted octanol–water partition coefficient (Wildman–Crippen LogP) is 2.35. The molecule has 2 rings (SSSR count). The number of rotatable bonds is 3. The van der Waals surface area contributed by atoms with Gasteiger partial charge in [0.2, 0.25) is 0 Å². The van der Waals surface area contributed by atoms with Crippen LogP contribution < -0.4 is 4.72 Å². The number of pyridine rings is 1. The van der Waals surface area contributed by atoms with Crippen molar-refractivity contribution in [3.05, 3.63) is 47.2 Å². The number of aromatic nitrogens is 1. The average molecular weight is 329 g/mol. The van der Waals surface area contributed by atoms with Crippen molar-refractivity contribution >= 4 is 31.6 Å². The number of anilines is 1. The number of aromatic hydroxyl groups is 1. The summed E-state index contributed by atoms with van der Waals surface area (Å²) in [5.41, 5.74) is 0.287. The maximum Gasteiger partial charge on any atom is 0.263 e. The van der Waals surface area contributed by atoms with E-state index in [9.17, 15) is 13.5 Å². The first-order valence-corrected chi connectivity index (χ1v) is 7.17. The highest BCUT2D eigenvalue weighted by Crippen LogP contribution is 2.20. The number of nitrogens with zero attached hydrogens (tertiary/aromatic N) is 1. The minimum Gasteiger partial charge on any atom is -0.508 e. The van der Waals surface area contributed by atoms with E-state index in [2.05, 4.69) is 25.6 Å². The van der Waals surface area contributed by atoms with Crippen LogP contribution in [0.1, 0.15) is 0 Å². The lowest BCUT2D eigenvalue weighted by Crippen LogP contribution is -2.13. The Labute approximate surface area is 113 Å². The Kier molecular flexibility index (Phi) is 3.53. The standard InChI is InChI=1S/C11H9BrN2O3S/c12-8-4-11(7-13-6-8)18(16,17)14-9-2-1-3-10(15)5-9/h1-7,14-15H. The van der Waals surface area contributed by atoms with Crippen LogP contribution in [0.25, 0.3) is 0 Å². The molecular weight excluding hydrogens is 320 g/mol. The number of phenolic OH excluding ortho intramolecular Hbond substituents is 1. The minimum absolute atomic E-state index is 0.0115. The minimum atomic E-state index is -3.71. The van der Waals surface area contributed by atoms with Gasteiger partial charge in [-0.2, -0.15) is 0 Å².